The molecular weight excluding hydrogens is 588 g/mol. The highest BCUT2D eigenvalue weighted by Crippen LogP contribution is 2.39. The Morgan fingerprint density at radius 2 is 1.65 bits per heavy atom. The molecule has 4 atom stereocenters. The lowest BCUT2D eigenvalue weighted by atomic mass is 9.79. The van der Waals surface area contributed by atoms with Crippen LogP contribution in [0.25, 0.3) is 0 Å². The fourth-order valence-electron chi connectivity index (χ4n) is 6.63. The first-order valence-electron chi connectivity index (χ1n) is 16.2. The highest BCUT2D eigenvalue weighted by atomic mass is 16.6. The Morgan fingerprint density at radius 3 is 2.30 bits per heavy atom. The van der Waals surface area contributed by atoms with E-state index in [-0.39, 0.29) is 24.7 Å². The standard InChI is InChI=1S/C35H48N4O7/c1-35(2,3)46-34(43)38-27(26-13-9-10-14-30(26)44-4)21-31(40)39-22-25(24-11-7-6-8-12-24)20-29(39)32(41)37-28(33(42)45-5)19-23-15-17-36-18-16-23/h9-10,13-18,24-25,27-29H,6-8,11-12,19-22H2,1-5H3,(H,37,41)(H,38,43)/t25-,27+,28?,29?/m1/s1. The summed E-state index contributed by atoms with van der Waals surface area (Å²) < 4.78 is 16.1. The summed E-state index contributed by atoms with van der Waals surface area (Å²) >= 11 is 0. The molecular formula is C35H48N4O7. The molecule has 2 unspecified atom stereocenters. The molecule has 0 radical (unpaired) electrons. The summed E-state index contributed by atoms with van der Waals surface area (Å²) in [4.78, 5) is 59.5. The van der Waals surface area contributed by atoms with Crippen molar-refractivity contribution in [3.05, 3.63) is 59.9 Å². The molecule has 2 aliphatic rings. The van der Waals surface area contributed by atoms with Crippen LogP contribution in [0.5, 0.6) is 5.75 Å². The normalized spacial score (nSPS) is 19.9. The zero-order valence-corrected chi connectivity index (χ0v) is 27.6. The van der Waals surface area contributed by atoms with E-state index < -0.39 is 41.7 Å². The number of aromatic nitrogens is 1. The lowest BCUT2D eigenvalue weighted by Crippen LogP contribution is -2.52. The number of rotatable bonds is 11. The Balaban J connectivity index is 1.59. The molecule has 3 amide bonds. The van der Waals surface area contributed by atoms with Gasteiger partial charge in [-0.05, 0) is 62.8 Å². The molecule has 0 bridgehead atoms. The second-order valence-corrected chi connectivity index (χ2v) is 13.2. The Hall–Kier alpha value is -4.15. The van der Waals surface area contributed by atoms with E-state index in [1.165, 1.54) is 20.6 Å². The zero-order chi connectivity index (χ0) is 33.3. The van der Waals surface area contributed by atoms with Gasteiger partial charge in [0.05, 0.1) is 26.7 Å². The first-order valence-corrected chi connectivity index (χ1v) is 16.2. The van der Waals surface area contributed by atoms with Crippen LogP contribution in [0, 0.1) is 11.8 Å². The molecule has 1 aromatic heterocycles. The molecule has 2 fully saturated rings. The highest BCUT2D eigenvalue weighted by Gasteiger charge is 2.44. The van der Waals surface area contributed by atoms with E-state index in [2.05, 4.69) is 15.6 Å². The number of alkyl carbamates (subject to hydrolysis) is 1. The van der Waals surface area contributed by atoms with Gasteiger partial charge >= 0.3 is 12.1 Å². The number of pyridine rings is 1. The molecule has 250 valence electrons. The van der Waals surface area contributed by atoms with Crippen molar-refractivity contribution in [2.45, 2.75) is 95.9 Å². The largest absolute Gasteiger partial charge is 0.496 e. The molecule has 0 spiro atoms. The van der Waals surface area contributed by atoms with Gasteiger partial charge < -0.3 is 29.7 Å². The molecule has 1 aliphatic carbocycles. The van der Waals surface area contributed by atoms with Gasteiger partial charge in [0.2, 0.25) is 11.8 Å². The molecule has 1 aliphatic heterocycles. The third-order valence-corrected chi connectivity index (χ3v) is 8.85. The molecule has 4 rings (SSSR count). The summed E-state index contributed by atoms with van der Waals surface area (Å²) in [5.41, 5.74) is 0.700. The molecule has 2 heterocycles. The Morgan fingerprint density at radius 1 is 0.957 bits per heavy atom. The van der Waals surface area contributed by atoms with Crippen molar-refractivity contribution >= 4 is 23.9 Å². The average molecular weight is 637 g/mol. The highest BCUT2D eigenvalue weighted by molar-refractivity contribution is 5.91. The molecule has 1 saturated heterocycles. The topological polar surface area (TPSA) is 136 Å². The van der Waals surface area contributed by atoms with Crippen molar-refractivity contribution in [1.29, 1.82) is 0 Å². The fraction of sp³-hybridized carbons (Fsp3) is 0.571. The minimum absolute atomic E-state index is 0.113. The average Bonchev–Trinajstić information content (AvgIpc) is 3.50. The minimum atomic E-state index is -0.930. The SMILES string of the molecule is COC(=O)C(Cc1ccncc1)NC(=O)C1C[C@@H](C2CCCCC2)CN1C(=O)C[C@H](NC(=O)OC(C)(C)C)c1ccccc1OC. The van der Waals surface area contributed by atoms with Gasteiger partial charge in [0.1, 0.15) is 23.4 Å². The van der Waals surface area contributed by atoms with Crippen LogP contribution in [0.15, 0.2) is 48.8 Å². The molecule has 2 N–H and O–H groups in total. The van der Waals surface area contributed by atoms with Gasteiger partial charge in [0.15, 0.2) is 0 Å². The lowest BCUT2D eigenvalue weighted by molar-refractivity contribution is -0.146. The number of para-hydroxylation sites is 1. The van der Waals surface area contributed by atoms with Gasteiger partial charge in [-0.2, -0.15) is 0 Å². The lowest BCUT2D eigenvalue weighted by Gasteiger charge is -2.29. The first-order chi connectivity index (χ1) is 22.0. The minimum Gasteiger partial charge on any atom is -0.496 e. The van der Waals surface area contributed by atoms with Gasteiger partial charge in [0, 0.05) is 30.9 Å². The summed E-state index contributed by atoms with van der Waals surface area (Å²) in [6, 6.07) is 8.28. The summed E-state index contributed by atoms with van der Waals surface area (Å²) in [6.45, 7) is 5.74. The number of likely N-dealkylation sites (tertiary alicyclic amines) is 1. The predicted molar refractivity (Wildman–Crippen MR) is 172 cm³/mol. The number of nitrogens with one attached hydrogen (secondary N) is 2. The van der Waals surface area contributed by atoms with E-state index in [0.29, 0.717) is 30.2 Å². The van der Waals surface area contributed by atoms with Crippen LogP contribution >= 0.6 is 0 Å². The van der Waals surface area contributed by atoms with Crippen molar-refractivity contribution in [2.24, 2.45) is 11.8 Å². The first kappa shape index (κ1) is 34.7. The van der Waals surface area contributed by atoms with Crippen LogP contribution in [0.1, 0.15) is 82.9 Å². The maximum Gasteiger partial charge on any atom is 0.408 e. The van der Waals surface area contributed by atoms with E-state index in [0.717, 1.165) is 31.2 Å². The Kier molecular flexibility index (Phi) is 12.0. The number of methoxy groups -OCH3 is 2. The molecule has 1 aromatic carbocycles. The molecule has 11 heteroatoms. The monoisotopic (exact) mass is 636 g/mol. The van der Waals surface area contributed by atoms with Gasteiger partial charge in [-0.3, -0.25) is 14.6 Å². The van der Waals surface area contributed by atoms with Crippen LogP contribution in [-0.4, -0.2) is 72.2 Å². The third-order valence-electron chi connectivity index (χ3n) is 8.85. The van der Waals surface area contributed by atoms with E-state index in [4.69, 9.17) is 14.2 Å². The van der Waals surface area contributed by atoms with Crippen molar-refractivity contribution in [3.63, 3.8) is 0 Å². The van der Waals surface area contributed by atoms with E-state index in [1.807, 2.05) is 12.1 Å². The number of hydrogen-bond acceptors (Lipinski definition) is 8. The van der Waals surface area contributed by atoms with Crippen LogP contribution in [0.3, 0.4) is 0 Å². The van der Waals surface area contributed by atoms with E-state index in [9.17, 15) is 19.2 Å². The molecule has 46 heavy (non-hydrogen) atoms. The molecule has 1 saturated carbocycles. The fourth-order valence-corrected chi connectivity index (χ4v) is 6.63. The quantitative estimate of drug-likeness (QED) is 0.338. The van der Waals surface area contributed by atoms with Crippen molar-refractivity contribution in [3.8, 4) is 5.75 Å². The van der Waals surface area contributed by atoms with E-state index in [1.54, 1.807) is 62.3 Å². The maximum atomic E-state index is 14.2. The Bertz CT molecular complexity index is 1340. The summed E-state index contributed by atoms with van der Waals surface area (Å²) in [7, 11) is 2.82. The summed E-state index contributed by atoms with van der Waals surface area (Å²) in [6.07, 6.45) is 8.81. The van der Waals surface area contributed by atoms with E-state index >= 15 is 0 Å². The van der Waals surface area contributed by atoms with Crippen molar-refractivity contribution in [1.82, 2.24) is 20.5 Å². The number of hydrogen-bond donors (Lipinski definition) is 2. The number of ether oxygens (including phenoxy) is 3. The number of benzene rings is 1. The van der Waals surface area contributed by atoms with Crippen LogP contribution in [0.4, 0.5) is 4.79 Å². The van der Waals surface area contributed by atoms with Crippen LogP contribution in [-0.2, 0) is 30.3 Å². The van der Waals surface area contributed by atoms with Gasteiger partial charge in [0.25, 0.3) is 0 Å². The summed E-state index contributed by atoms with van der Waals surface area (Å²) in [5, 5.41) is 5.75. The summed E-state index contributed by atoms with van der Waals surface area (Å²) in [5.74, 6) is -0.161. The number of amides is 3. The number of nitrogens with zero attached hydrogens (tertiary/aromatic N) is 2. The van der Waals surface area contributed by atoms with Crippen LogP contribution < -0.4 is 15.4 Å². The number of carbonyl (C=O) groups excluding carboxylic acids is 4. The molecule has 2 aromatic rings. The van der Waals surface area contributed by atoms with Crippen molar-refractivity contribution < 1.29 is 33.4 Å². The van der Waals surface area contributed by atoms with Gasteiger partial charge in [-0.15, -0.1) is 0 Å². The van der Waals surface area contributed by atoms with Crippen molar-refractivity contribution in [2.75, 3.05) is 20.8 Å². The van der Waals surface area contributed by atoms with Gasteiger partial charge in [-0.25, -0.2) is 9.59 Å². The zero-order valence-electron chi connectivity index (χ0n) is 27.6. The second-order valence-electron chi connectivity index (χ2n) is 13.2. The van der Waals surface area contributed by atoms with Crippen LogP contribution in [0.2, 0.25) is 0 Å². The Labute approximate surface area is 271 Å². The smallest absolute Gasteiger partial charge is 0.408 e. The molecule has 11 nitrogen and oxygen atoms in total. The number of esters is 1. The predicted octanol–water partition coefficient (Wildman–Crippen LogP) is 4.74. The third kappa shape index (κ3) is 9.43. The maximum absolute atomic E-state index is 14.2. The number of carbonyl (C=O) groups is 4. The second kappa shape index (κ2) is 15.9. The van der Waals surface area contributed by atoms with Gasteiger partial charge in [-0.1, -0.05) is 50.3 Å².